The maximum absolute atomic E-state index is 10.7. The predicted octanol–water partition coefficient (Wildman–Crippen LogP) is 2.07. The van der Waals surface area contributed by atoms with Crippen LogP contribution in [-0.2, 0) is 11.2 Å². The van der Waals surface area contributed by atoms with Crippen molar-refractivity contribution in [2.75, 3.05) is 19.0 Å². The molecule has 0 radical (unpaired) electrons. The monoisotopic (exact) mass is 267 g/mol. The number of imidazole rings is 1. The van der Waals surface area contributed by atoms with Crippen LogP contribution in [0.15, 0.2) is 18.2 Å². The van der Waals surface area contributed by atoms with E-state index in [1.54, 1.807) is 0 Å². The van der Waals surface area contributed by atoms with Crippen LogP contribution in [0.5, 0.6) is 0 Å². The zero-order valence-electron chi connectivity index (χ0n) is 10.2. The molecule has 18 heavy (non-hydrogen) atoms. The van der Waals surface area contributed by atoms with Gasteiger partial charge in [0.25, 0.3) is 0 Å². The Hall–Kier alpha value is -1.75. The van der Waals surface area contributed by atoms with Gasteiger partial charge < -0.3 is 10.0 Å². The van der Waals surface area contributed by atoms with Crippen LogP contribution in [0.25, 0.3) is 5.52 Å². The van der Waals surface area contributed by atoms with E-state index in [0.29, 0.717) is 17.4 Å². The Morgan fingerprint density at radius 1 is 1.50 bits per heavy atom. The lowest BCUT2D eigenvalue weighted by molar-refractivity contribution is -0.137. The lowest BCUT2D eigenvalue weighted by Gasteiger charge is -2.16. The van der Waals surface area contributed by atoms with Crippen LogP contribution in [0.1, 0.15) is 12.2 Å². The molecule has 96 valence electrons. The topological polar surface area (TPSA) is 57.8 Å². The molecule has 0 atom stereocenters. The fourth-order valence-corrected chi connectivity index (χ4v) is 2.13. The van der Waals surface area contributed by atoms with Gasteiger partial charge in [-0.15, -0.1) is 0 Å². The Morgan fingerprint density at radius 3 is 2.83 bits per heavy atom. The smallest absolute Gasteiger partial charge is 0.303 e. The van der Waals surface area contributed by atoms with Gasteiger partial charge in [-0.2, -0.15) is 0 Å². The summed E-state index contributed by atoms with van der Waals surface area (Å²) in [4.78, 5) is 16.8. The molecule has 0 saturated heterocycles. The summed E-state index contributed by atoms with van der Waals surface area (Å²) in [5, 5.41) is 9.15. The summed E-state index contributed by atoms with van der Waals surface area (Å²) in [6, 6.07) is 5.71. The molecule has 2 aromatic heterocycles. The lowest BCUT2D eigenvalue weighted by atomic mass is 10.3. The zero-order valence-corrected chi connectivity index (χ0v) is 11.0. The average Bonchev–Trinajstić information content (AvgIpc) is 2.64. The van der Waals surface area contributed by atoms with Gasteiger partial charge in [-0.1, -0.05) is 17.7 Å². The van der Waals surface area contributed by atoms with Crippen molar-refractivity contribution >= 4 is 28.9 Å². The van der Waals surface area contributed by atoms with E-state index < -0.39 is 5.97 Å². The molecule has 0 aromatic carbocycles. The maximum atomic E-state index is 10.7. The minimum Gasteiger partial charge on any atom is -0.481 e. The summed E-state index contributed by atoms with van der Waals surface area (Å²) in [5.41, 5.74) is 0.795. The number of hydrogen-bond donors (Lipinski definition) is 1. The predicted molar refractivity (Wildman–Crippen MR) is 70.5 cm³/mol. The maximum Gasteiger partial charge on any atom is 0.303 e. The largest absolute Gasteiger partial charge is 0.481 e. The fourth-order valence-electron chi connectivity index (χ4n) is 1.89. The molecule has 0 aliphatic rings. The lowest BCUT2D eigenvalue weighted by Crippen LogP contribution is -2.14. The van der Waals surface area contributed by atoms with Gasteiger partial charge in [-0.3, -0.25) is 9.20 Å². The quantitative estimate of drug-likeness (QED) is 0.921. The molecule has 2 heterocycles. The Balaban J connectivity index is 2.55. The summed E-state index contributed by atoms with van der Waals surface area (Å²) in [5.74, 6) is 0.749. The van der Waals surface area contributed by atoms with Crippen LogP contribution in [-0.4, -0.2) is 34.6 Å². The number of carboxylic acids is 1. The summed E-state index contributed by atoms with van der Waals surface area (Å²) in [6.07, 6.45) is 0.394. The molecule has 6 heteroatoms. The molecule has 1 N–H and O–H groups in total. The van der Waals surface area contributed by atoms with E-state index >= 15 is 0 Å². The van der Waals surface area contributed by atoms with Gasteiger partial charge >= 0.3 is 5.97 Å². The number of carboxylic acid groups (broad SMARTS) is 1. The molecule has 5 nitrogen and oxygen atoms in total. The van der Waals surface area contributed by atoms with Crippen LogP contribution < -0.4 is 4.90 Å². The molecule has 0 unspecified atom stereocenters. The van der Waals surface area contributed by atoms with Gasteiger partial charge in [0.1, 0.15) is 11.6 Å². The van der Waals surface area contributed by atoms with E-state index in [4.69, 9.17) is 16.7 Å². The third-order valence-corrected chi connectivity index (χ3v) is 2.96. The van der Waals surface area contributed by atoms with Gasteiger partial charge in [0.05, 0.1) is 11.9 Å². The zero-order chi connectivity index (χ0) is 13.3. The van der Waals surface area contributed by atoms with Gasteiger partial charge in [-0.05, 0) is 12.1 Å². The van der Waals surface area contributed by atoms with Crippen molar-refractivity contribution < 1.29 is 9.90 Å². The number of nitrogens with zero attached hydrogens (tertiary/aromatic N) is 3. The Kier molecular flexibility index (Phi) is 3.43. The highest BCUT2D eigenvalue weighted by molar-refractivity contribution is 6.32. The SMILES string of the molecule is CN(C)c1cccc2c(Cl)nc(CCC(=O)O)n12. The number of fused-ring (bicyclic) bond motifs is 1. The number of hydrogen-bond acceptors (Lipinski definition) is 3. The van der Waals surface area contributed by atoms with Gasteiger partial charge in [0.15, 0.2) is 5.15 Å². The van der Waals surface area contributed by atoms with Crippen molar-refractivity contribution in [3.63, 3.8) is 0 Å². The first-order valence-electron chi connectivity index (χ1n) is 5.55. The summed E-state index contributed by atoms with van der Waals surface area (Å²) in [6.45, 7) is 0. The molecule has 0 saturated carbocycles. The standard InChI is InChI=1S/C12H14ClN3O2/c1-15(2)10-5-3-4-8-12(13)14-9(16(8)10)6-7-11(17)18/h3-5H,6-7H2,1-2H3,(H,17,18). The van der Waals surface area contributed by atoms with Crippen LogP contribution >= 0.6 is 11.6 Å². The Labute approximate surface area is 110 Å². The molecule has 0 fully saturated rings. The fraction of sp³-hybridized carbons (Fsp3) is 0.333. The summed E-state index contributed by atoms with van der Waals surface area (Å²) < 4.78 is 1.89. The molecule has 0 aliphatic heterocycles. The normalized spacial score (nSPS) is 10.8. The van der Waals surface area contributed by atoms with Crippen LogP contribution in [0.2, 0.25) is 5.15 Å². The average molecular weight is 268 g/mol. The first-order valence-corrected chi connectivity index (χ1v) is 5.93. The number of aryl methyl sites for hydroxylation is 1. The van der Waals surface area contributed by atoms with Crippen molar-refractivity contribution in [3.8, 4) is 0 Å². The van der Waals surface area contributed by atoms with E-state index in [1.807, 2.05) is 41.6 Å². The van der Waals surface area contributed by atoms with Crippen molar-refractivity contribution in [1.82, 2.24) is 9.38 Å². The first kappa shape index (κ1) is 12.7. The van der Waals surface area contributed by atoms with E-state index in [-0.39, 0.29) is 6.42 Å². The van der Waals surface area contributed by atoms with E-state index in [0.717, 1.165) is 11.3 Å². The molecule has 0 aliphatic carbocycles. The molecule has 2 aromatic rings. The van der Waals surface area contributed by atoms with Crippen molar-refractivity contribution in [2.45, 2.75) is 12.8 Å². The third kappa shape index (κ3) is 2.26. The van der Waals surface area contributed by atoms with Crippen molar-refractivity contribution in [3.05, 3.63) is 29.2 Å². The van der Waals surface area contributed by atoms with E-state index in [1.165, 1.54) is 0 Å². The highest BCUT2D eigenvalue weighted by Gasteiger charge is 2.14. The molecule has 0 bridgehead atoms. The van der Waals surface area contributed by atoms with E-state index in [2.05, 4.69) is 4.98 Å². The summed E-state index contributed by atoms with van der Waals surface area (Å²) >= 11 is 6.07. The minimum atomic E-state index is -0.842. The molecule has 2 rings (SSSR count). The number of halogens is 1. The van der Waals surface area contributed by atoms with Crippen LogP contribution in [0.3, 0.4) is 0 Å². The van der Waals surface area contributed by atoms with Gasteiger partial charge in [0, 0.05) is 20.5 Å². The highest BCUT2D eigenvalue weighted by atomic mass is 35.5. The van der Waals surface area contributed by atoms with Crippen LogP contribution in [0, 0.1) is 0 Å². The van der Waals surface area contributed by atoms with Crippen molar-refractivity contribution in [2.24, 2.45) is 0 Å². The number of aromatic nitrogens is 2. The van der Waals surface area contributed by atoms with Gasteiger partial charge in [0.2, 0.25) is 0 Å². The van der Waals surface area contributed by atoms with Gasteiger partial charge in [-0.25, -0.2) is 4.98 Å². The number of carbonyl (C=O) groups is 1. The first-order chi connectivity index (χ1) is 8.50. The van der Waals surface area contributed by atoms with Crippen molar-refractivity contribution in [1.29, 1.82) is 0 Å². The summed E-state index contributed by atoms with van der Waals surface area (Å²) in [7, 11) is 3.84. The number of pyridine rings is 1. The number of aliphatic carboxylic acids is 1. The Morgan fingerprint density at radius 2 is 2.22 bits per heavy atom. The van der Waals surface area contributed by atoms with E-state index in [9.17, 15) is 4.79 Å². The Bertz CT molecular complexity index is 592. The third-order valence-electron chi connectivity index (χ3n) is 2.69. The van der Waals surface area contributed by atoms with Crippen LogP contribution in [0.4, 0.5) is 5.82 Å². The second-order valence-corrected chi connectivity index (χ2v) is 4.57. The minimum absolute atomic E-state index is 0.0389. The molecule has 0 amide bonds. The molecular weight excluding hydrogens is 254 g/mol. The number of anilines is 1. The number of rotatable bonds is 4. The molecular formula is C12H14ClN3O2. The second-order valence-electron chi connectivity index (χ2n) is 4.21. The molecule has 0 spiro atoms. The highest BCUT2D eigenvalue weighted by Crippen LogP contribution is 2.24. The second kappa shape index (κ2) is 4.86.